The molecule has 0 spiro atoms. The average molecular weight is 435 g/mol. The van der Waals surface area contributed by atoms with Gasteiger partial charge in [-0.25, -0.2) is 0 Å². The van der Waals surface area contributed by atoms with Crippen molar-refractivity contribution in [1.29, 1.82) is 0 Å². The largest absolute Gasteiger partial charge is 0.496 e. The maximum Gasteiger partial charge on any atom is 0.266 e. The quantitative estimate of drug-likeness (QED) is 0.378. The smallest absolute Gasteiger partial charge is 0.266 e. The van der Waals surface area contributed by atoms with Crippen molar-refractivity contribution in [3.8, 4) is 16.9 Å². The normalized spacial score (nSPS) is 12.7. The van der Waals surface area contributed by atoms with Crippen LogP contribution in [0.4, 0.5) is 0 Å². The zero-order chi connectivity index (χ0) is 22.1. The van der Waals surface area contributed by atoms with Gasteiger partial charge in [0.15, 0.2) is 0 Å². The molecule has 1 atom stereocenters. The van der Waals surface area contributed by atoms with E-state index < -0.39 is 0 Å². The van der Waals surface area contributed by atoms with Gasteiger partial charge in [0.1, 0.15) is 10.4 Å². The van der Waals surface area contributed by atoms with E-state index in [1.54, 1.807) is 7.11 Å². The molecule has 4 nitrogen and oxygen atoms in total. The molecule has 0 radical (unpaired) electrons. The Balaban J connectivity index is 1.90. The maximum absolute atomic E-state index is 12.6. The standard InChI is InChI=1S/C26H30N2O2S/c1-6-17(15-28(4)7-2)18-8-10-19(11-9-18)22-21(30-5)14-16(3)24-23(22)20-12-13-31-25(20)26(29)27-24/h8-14,17H,6-7,15H2,1-5H3,(H,27,29)/t17-/m1/s1. The minimum Gasteiger partial charge on any atom is -0.496 e. The van der Waals surface area contributed by atoms with Crippen molar-refractivity contribution in [2.24, 2.45) is 0 Å². The summed E-state index contributed by atoms with van der Waals surface area (Å²) in [4.78, 5) is 18.1. The Labute approximate surface area is 187 Å². The fraction of sp³-hybridized carbons (Fsp3) is 0.346. The molecule has 0 aliphatic rings. The zero-order valence-electron chi connectivity index (χ0n) is 18.9. The van der Waals surface area contributed by atoms with Gasteiger partial charge in [0.2, 0.25) is 0 Å². The number of rotatable bonds is 7. The van der Waals surface area contributed by atoms with Crippen LogP contribution < -0.4 is 10.3 Å². The molecule has 2 aromatic heterocycles. The molecule has 4 rings (SSSR count). The first-order valence-corrected chi connectivity index (χ1v) is 11.8. The van der Waals surface area contributed by atoms with Crippen molar-refractivity contribution in [2.45, 2.75) is 33.1 Å². The second-order valence-electron chi connectivity index (χ2n) is 8.22. The van der Waals surface area contributed by atoms with Crippen LogP contribution >= 0.6 is 11.3 Å². The van der Waals surface area contributed by atoms with Crippen molar-refractivity contribution >= 4 is 32.3 Å². The second kappa shape index (κ2) is 8.85. The van der Waals surface area contributed by atoms with Gasteiger partial charge in [-0.05, 0) is 67.1 Å². The van der Waals surface area contributed by atoms with Crippen LogP contribution in [-0.2, 0) is 0 Å². The number of aromatic amines is 1. The van der Waals surface area contributed by atoms with Gasteiger partial charge < -0.3 is 14.6 Å². The maximum atomic E-state index is 12.6. The van der Waals surface area contributed by atoms with Crippen molar-refractivity contribution < 1.29 is 4.74 Å². The molecule has 0 amide bonds. The van der Waals surface area contributed by atoms with Gasteiger partial charge >= 0.3 is 0 Å². The lowest BCUT2D eigenvalue weighted by Crippen LogP contribution is -2.24. The third-order valence-corrected chi connectivity index (χ3v) is 7.24. The molecular weight excluding hydrogens is 404 g/mol. The van der Waals surface area contributed by atoms with E-state index in [-0.39, 0.29) is 5.56 Å². The molecule has 2 aromatic carbocycles. The molecule has 0 saturated carbocycles. The highest BCUT2D eigenvalue weighted by atomic mass is 32.1. The van der Waals surface area contributed by atoms with Crippen LogP contribution in [0.3, 0.4) is 0 Å². The summed E-state index contributed by atoms with van der Waals surface area (Å²) in [5.41, 5.74) is 5.35. The molecule has 0 aliphatic heterocycles. The number of ether oxygens (including phenoxy) is 1. The lowest BCUT2D eigenvalue weighted by Gasteiger charge is -2.22. The zero-order valence-corrected chi connectivity index (χ0v) is 19.7. The predicted octanol–water partition coefficient (Wildman–Crippen LogP) is 6.17. The van der Waals surface area contributed by atoms with E-state index in [0.29, 0.717) is 5.92 Å². The van der Waals surface area contributed by atoms with Gasteiger partial charge in [-0.1, -0.05) is 38.1 Å². The Morgan fingerprint density at radius 3 is 2.55 bits per heavy atom. The summed E-state index contributed by atoms with van der Waals surface area (Å²) in [7, 11) is 3.88. The van der Waals surface area contributed by atoms with E-state index in [4.69, 9.17) is 4.74 Å². The molecule has 0 bridgehead atoms. The number of fused-ring (bicyclic) bond motifs is 3. The lowest BCUT2D eigenvalue weighted by atomic mass is 9.91. The highest BCUT2D eigenvalue weighted by Gasteiger charge is 2.19. The summed E-state index contributed by atoms with van der Waals surface area (Å²) in [5, 5.41) is 4.02. The van der Waals surface area contributed by atoms with Gasteiger partial charge in [-0.3, -0.25) is 4.79 Å². The summed E-state index contributed by atoms with van der Waals surface area (Å²) in [5.74, 6) is 1.34. The molecule has 0 fully saturated rings. The number of nitrogens with one attached hydrogen (secondary N) is 1. The fourth-order valence-electron chi connectivity index (χ4n) is 4.41. The fourth-order valence-corrected chi connectivity index (χ4v) is 5.21. The number of hydrogen-bond donors (Lipinski definition) is 1. The van der Waals surface area contributed by atoms with Gasteiger partial charge in [0, 0.05) is 22.9 Å². The number of aromatic nitrogens is 1. The van der Waals surface area contributed by atoms with Crippen LogP contribution in [0.25, 0.3) is 32.1 Å². The molecular formula is C26H30N2O2S. The second-order valence-corrected chi connectivity index (χ2v) is 9.14. The molecule has 0 unspecified atom stereocenters. The molecule has 4 aromatic rings. The van der Waals surface area contributed by atoms with Crippen LogP contribution in [0.1, 0.15) is 37.3 Å². The van der Waals surface area contributed by atoms with Crippen LogP contribution in [0.15, 0.2) is 46.6 Å². The van der Waals surface area contributed by atoms with Crippen LogP contribution in [-0.4, -0.2) is 37.1 Å². The predicted molar refractivity (Wildman–Crippen MR) is 133 cm³/mol. The van der Waals surface area contributed by atoms with Crippen LogP contribution in [0.5, 0.6) is 5.75 Å². The molecule has 2 heterocycles. The van der Waals surface area contributed by atoms with Crippen molar-refractivity contribution in [3.05, 3.63) is 63.3 Å². The minimum atomic E-state index is -0.0297. The topological polar surface area (TPSA) is 45.3 Å². The third-order valence-electron chi connectivity index (χ3n) is 6.32. The van der Waals surface area contributed by atoms with Crippen LogP contribution in [0.2, 0.25) is 0 Å². The number of benzene rings is 2. The summed E-state index contributed by atoms with van der Waals surface area (Å²) in [6, 6.07) is 12.9. The number of H-pyrrole nitrogens is 1. The van der Waals surface area contributed by atoms with Gasteiger partial charge in [0.05, 0.1) is 12.6 Å². The highest BCUT2D eigenvalue weighted by Crippen LogP contribution is 2.42. The Hall–Kier alpha value is -2.63. The van der Waals surface area contributed by atoms with Gasteiger partial charge in [-0.2, -0.15) is 0 Å². The first kappa shape index (κ1) is 21.6. The molecule has 31 heavy (non-hydrogen) atoms. The third kappa shape index (κ3) is 3.88. The Bertz CT molecular complexity index is 1270. The van der Waals surface area contributed by atoms with Crippen molar-refractivity contribution in [1.82, 2.24) is 9.88 Å². The number of hydrogen-bond acceptors (Lipinski definition) is 4. The van der Waals surface area contributed by atoms with Crippen LogP contribution in [0, 0.1) is 6.92 Å². The Kier molecular flexibility index (Phi) is 6.17. The van der Waals surface area contributed by atoms with Crippen molar-refractivity contribution in [2.75, 3.05) is 27.2 Å². The Morgan fingerprint density at radius 2 is 1.90 bits per heavy atom. The summed E-state index contributed by atoms with van der Waals surface area (Å²) in [6.07, 6.45) is 1.11. The van der Waals surface area contributed by atoms with E-state index >= 15 is 0 Å². The summed E-state index contributed by atoms with van der Waals surface area (Å²) in [6.45, 7) is 8.57. The van der Waals surface area contributed by atoms with Gasteiger partial charge in [-0.15, -0.1) is 11.3 Å². The van der Waals surface area contributed by atoms with E-state index in [9.17, 15) is 4.79 Å². The number of nitrogens with zero attached hydrogens (tertiary/aromatic N) is 1. The molecule has 0 saturated heterocycles. The first-order valence-electron chi connectivity index (χ1n) is 10.9. The van der Waals surface area contributed by atoms with Gasteiger partial charge in [0.25, 0.3) is 5.56 Å². The molecule has 162 valence electrons. The van der Waals surface area contributed by atoms with Crippen molar-refractivity contribution in [3.63, 3.8) is 0 Å². The summed E-state index contributed by atoms with van der Waals surface area (Å²) < 4.78 is 6.57. The van der Waals surface area contributed by atoms with E-state index in [1.165, 1.54) is 16.9 Å². The lowest BCUT2D eigenvalue weighted by molar-refractivity contribution is 0.323. The number of methoxy groups -OCH3 is 1. The minimum absolute atomic E-state index is 0.0297. The molecule has 5 heteroatoms. The molecule has 1 N–H and O–H groups in total. The monoisotopic (exact) mass is 434 g/mol. The number of pyridine rings is 1. The van der Waals surface area contributed by atoms with E-state index in [1.807, 2.05) is 24.4 Å². The highest BCUT2D eigenvalue weighted by molar-refractivity contribution is 7.17. The number of thiophene rings is 1. The Morgan fingerprint density at radius 1 is 1.16 bits per heavy atom. The average Bonchev–Trinajstić information content (AvgIpc) is 3.28. The van der Waals surface area contributed by atoms with E-state index in [2.05, 4.69) is 55.0 Å². The number of aryl methyl sites for hydroxylation is 1. The number of likely N-dealkylation sites (N-methyl/N-ethyl adjacent to an activating group) is 1. The first-order chi connectivity index (χ1) is 15.0. The molecule has 0 aliphatic carbocycles. The summed E-state index contributed by atoms with van der Waals surface area (Å²) >= 11 is 1.48. The van der Waals surface area contributed by atoms with E-state index in [0.717, 1.165) is 62.9 Å². The SMILES string of the molecule is CC[C@H](CN(C)CC)c1ccc(-c2c(OC)cc(C)c3[nH]c(=O)c4sccc4c23)cc1.